The molecule has 0 saturated carbocycles. The van der Waals surface area contributed by atoms with Gasteiger partial charge in [-0.15, -0.1) is 0 Å². The average molecular weight is 463 g/mol. The van der Waals surface area contributed by atoms with Crippen molar-refractivity contribution in [1.82, 2.24) is 15.0 Å². The number of urea groups is 1. The minimum absolute atomic E-state index is 0.132. The first-order valence-electron chi connectivity index (χ1n) is 11.9. The van der Waals surface area contributed by atoms with Crippen molar-refractivity contribution in [2.75, 3.05) is 16.3 Å². The van der Waals surface area contributed by atoms with E-state index in [-0.39, 0.29) is 12.1 Å². The topological polar surface area (TPSA) is 80.4 Å². The number of hydrogen-bond donors (Lipinski definition) is 2. The van der Waals surface area contributed by atoms with E-state index in [1.165, 1.54) is 5.56 Å². The second kappa shape index (κ2) is 8.43. The number of H-pyrrole nitrogens is 2. The second-order valence-corrected chi connectivity index (χ2v) is 8.86. The number of rotatable bonds is 5. The lowest BCUT2D eigenvalue weighted by Crippen LogP contribution is -2.33. The zero-order valence-corrected chi connectivity index (χ0v) is 19.7. The molecule has 1 aliphatic heterocycles. The molecule has 174 valence electrons. The molecule has 0 spiro atoms. The van der Waals surface area contributed by atoms with Crippen LogP contribution in [-0.4, -0.2) is 33.4 Å². The van der Waals surface area contributed by atoms with Crippen molar-refractivity contribution in [3.05, 3.63) is 90.4 Å². The van der Waals surface area contributed by atoms with Crippen molar-refractivity contribution in [3.8, 4) is 0 Å². The molecular formula is C28H26N6O. The minimum atomic E-state index is -0.387. The number of amides is 2. The first kappa shape index (κ1) is 21.2. The van der Waals surface area contributed by atoms with Crippen LogP contribution in [0.25, 0.3) is 21.9 Å². The monoisotopic (exact) mass is 462 g/mol. The van der Waals surface area contributed by atoms with Gasteiger partial charge < -0.3 is 9.97 Å². The van der Waals surface area contributed by atoms with Crippen LogP contribution in [0.3, 0.4) is 0 Å². The lowest BCUT2D eigenvalue weighted by Gasteiger charge is -2.23. The Morgan fingerprint density at radius 1 is 0.971 bits per heavy atom. The summed E-state index contributed by atoms with van der Waals surface area (Å²) in [5.41, 5.74) is 6.57. The molecule has 3 heterocycles. The van der Waals surface area contributed by atoms with Gasteiger partial charge in [-0.05, 0) is 55.3 Å². The summed E-state index contributed by atoms with van der Waals surface area (Å²) in [6.45, 7) is 4.81. The predicted molar refractivity (Wildman–Crippen MR) is 141 cm³/mol. The van der Waals surface area contributed by atoms with E-state index in [4.69, 9.17) is 4.99 Å². The normalized spacial score (nSPS) is 17.4. The molecule has 1 saturated heterocycles. The van der Waals surface area contributed by atoms with Crippen LogP contribution >= 0.6 is 0 Å². The summed E-state index contributed by atoms with van der Waals surface area (Å²) < 4.78 is 0. The van der Waals surface area contributed by atoms with E-state index >= 15 is 0 Å². The number of aryl methyl sites for hydroxylation is 1. The number of benzene rings is 3. The number of aliphatic imine (C=N–C) groups is 1. The van der Waals surface area contributed by atoms with Crippen molar-refractivity contribution < 1.29 is 4.79 Å². The largest absolute Gasteiger partial charge is 0.361 e. The molecule has 7 heteroatoms. The number of amidine groups is 1. The Kier molecular flexibility index (Phi) is 5.10. The quantitative estimate of drug-likeness (QED) is 0.319. The summed E-state index contributed by atoms with van der Waals surface area (Å²) in [6.07, 6.45) is 4.57. The molecule has 35 heavy (non-hydrogen) atoms. The van der Waals surface area contributed by atoms with Crippen LogP contribution in [0.15, 0.2) is 84.2 Å². The number of carbonyl (C=O) groups is 1. The van der Waals surface area contributed by atoms with Gasteiger partial charge in [-0.25, -0.2) is 14.7 Å². The van der Waals surface area contributed by atoms with Crippen molar-refractivity contribution in [3.63, 3.8) is 0 Å². The maximum Gasteiger partial charge on any atom is 0.335 e. The van der Waals surface area contributed by atoms with E-state index in [2.05, 4.69) is 47.0 Å². The number of aromatic amines is 2. The molecule has 7 nitrogen and oxygen atoms in total. The molecular weight excluding hydrogens is 436 g/mol. The van der Waals surface area contributed by atoms with E-state index in [1.54, 1.807) is 11.2 Å². The Morgan fingerprint density at radius 2 is 1.83 bits per heavy atom. The van der Waals surface area contributed by atoms with Gasteiger partial charge >= 0.3 is 6.03 Å². The van der Waals surface area contributed by atoms with Gasteiger partial charge in [0.2, 0.25) is 0 Å². The highest BCUT2D eigenvalue weighted by Crippen LogP contribution is 2.41. The van der Waals surface area contributed by atoms with Crippen molar-refractivity contribution in [1.29, 1.82) is 0 Å². The summed E-state index contributed by atoms with van der Waals surface area (Å²) in [5, 5.41) is 1.08. The van der Waals surface area contributed by atoms with Crippen LogP contribution in [0.5, 0.6) is 0 Å². The smallest absolute Gasteiger partial charge is 0.335 e. The number of nitrogens with one attached hydrogen (secondary N) is 2. The molecule has 1 fully saturated rings. The third-order valence-corrected chi connectivity index (χ3v) is 6.49. The maximum atomic E-state index is 14.2. The molecule has 0 bridgehead atoms. The minimum Gasteiger partial charge on any atom is -0.361 e. The van der Waals surface area contributed by atoms with E-state index in [0.29, 0.717) is 6.54 Å². The number of hydrogen-bond acceptors (Lipinski definition) is 3. The van der Waals surface area contributed by atoms with Gasteiger partial charge in [-0.3, -0.25) is 9.89 Å². The van der Waals surface area contributed by atoms with E-state index < -0.39 is 0 Å². The first-order chi connectivity index (χ1) is 17.2. The number of carbonyl (C=O) groups excluding carboxylic acids is 1. The standard InChI is InChI=1S/C28H26N6O/c1-3-13-29-27-26(22-16-30-24-14-18(2)9-11-21(22)24)33(20-10-12-23-25(15-20)32-17-31-23)28(35)34(27)19-7-5-4-6-8-19/h4-12,14-17,26,30H,3,13H2,1-2H3,(H,31,32). The summed E-state index contributed by atoms with van der Waals surface area (Å²) in [6, 6.07) is 21.5. The van der Waals surface area contributed by atoms with Gasteiger partial charge in [-0.1, -0.05) is 37.3 Å². The Bertz CT molecular complexity index is 1560. The van der Waals surface area contributed by atoms with Gasteiger partial charge in [0.1, 0.15) is 11.9 Å². The summed E-state index contributed by atoms with van der Waals surface area (Å²) in [4.78, 5) is 33.7. The number of para-hydroxylation sites is 1. The third-order valence-electron chi connectivity index (χ3n) is 6.49. The van der Waals surface area contributed by atoms with Crippen LogP contribution in [0.4, 0.5) is 16.2 Å². The van der Waals surface area contributed by atoms with Gasteiger partial charge in [-0.2, -0.15) is 0 Å². The fourth-order valence-corrected chi connectivity index (χ4v) is 4.85. The van der Waals surface area contributed by atoms with Gasteiger partial charge in [0, 0.05) is 34.9 Å². The molecule has 1 atom stereocenters. The predicted octanol–water partition coefficient (Wildman–Crippen LogP) is 6.35. The zero-order valence-electron chi connectivity index (χ0n) is 19.7. The number of imidazole rings is 1. The number of anilines is 2. The average Bonchev–Trinajstić information content (AvgIpc) is 3.58. The molecule has 2 aromatic heterocycles. The Hall–Kier alpha value is -4.39. The van der Waals surface area contributed by atoms with E-state index in [9.17, 15) is 4.79 Å². The van der Waals surface area contributed by atoms with Crippen molar-refractivity contribution >= 4 is 45.2 Å². The fourth-order valence-electron chi connectivity index (χ4n) is 4.85. The van der Waals surface area contributed by atoms with E-state index in [0.717, 1.165) is 51.1 Å². The van der Waals surface area contributed by atoms with Crippen LogP contribution in [0.1, 0.15) is 30.5 Å². The Labute approximate surface area is 203 Å². The summed E-state index contributed by atoms with van der Waals surface area (Å²) in [7, 11) is 0. The molecule has 5 aromatic rings. The zero-order chi connectivity index (χ0) is 23.9. The molecule has 6 rings (SSSR count). The Balaban J connectivity index is 1.60. The summed E-state index contributed by atoms with van der Waals surface area (Å²) >= 11 is 0. The highest BCUT2D eigenvalue weighted by molar-refractivity contribution is 6.31. The number of nitrogens with zero attached hydrogens (tertiary/aromatic N) is 4. The molecule has 2 amide bonds. The van der Waals surface area contributed by atoms with Gasteiger partial charge in [0.05, 0.1) is 23.0 Å². The first-order valence-corrected chi connectivity index (χ1v) is 11.9. The lowest BCUT2D eigenvalue weighted by molar-refractivity contribution is 0.255. The molecule has 1 aliphatic rings. The molecule has 0 radical (unpaired) electrons. The van der Waals surface area contributed by atoms with Crippen LogP contribution in [0.2, 0.25) is 0 Å². The van der Waals surface area contributed by atoms with Crippen LogP contribution < -0.4 is 9.80 Å². The molecule has 0 aliphatic carbocycles. The Morgan fingerprint density at radius 3 is 2.66 bits per heavy atom. The van der Waals surface area contributed by atoms with Crippen LogP contribution in [-0.2, 0) is 0 Å². The van der Waals surface area contributed by atoms with Crippen molar-refractivity contribution in [2.24, 2.45) is 4.99 Å². The molecule has 3 aromatic carbocycles. The highest BCUT2D eigenvalue weighted by Gasteiger charge is 2.46. The summed E-state index contributed by atoms with van der Waals surface area (Å²) in [5.74, 6) is 0.728. The van der Waals surface area contributed by atoms with E-state index in [1.807, 2.05) is 59.6 Å². The third kappa shape index (κ3) is 3.47. The number of aromatic nitrogens is 3. The van der Waals surface area contributed by atoms with Gasteiger partial charge in [0.15, 0.2) is 0 Å². The second-order valence-electron chi connectivity index (χ2n) is 8.86. The van der Waals surface area contributed by atoms with Crippen LogP contribution in [0, 0.1) is 6.92 Å². The van der Waals surface area contributed by atoms with Crippen molar-refractivity contribution in [2.45, 2.75) is 26.3 Å². The highest BCUT2D eigenvalue weighted by atomic mass is 16.2. The molecule has 1 unspecified atom stereocenters. The maximum absolute atomic E-state index is 14.2. The molecule has 2 N–H and O–H groups in total. The van der Waals surface area contributed by atoms with Gasteiger partial charge in [0.25, 0.3) is 0 Å². The lowest BCUT2D eigenvalue weighted by atomic mass is 10.0. The fraction of sp³-hybridized carbons (Fsp3) is 0.179. The number of fused-ring (bicyclic) bond motifs is 2. The SMILES string of the molecule is CCCN=C1C(c2c[nH]c3cc(C)ccc23)N(c2ccc3[nH]cnc3c2)C(=O)N1c1ccccc1.